The number of ketones is 1. The Labute approximate surface area is 186 Å². The van der Waals surface area contributed by atoms with Crippen molar-refractivity contribution in [2.24, 2.45) is 11.8 Å². The fraction of sp³-hybridized carbons (Fsp3) is 0.320. The number of benzene rings is 2. The maximum atomic E-state index is 13.7. The van der Waals surface area contributed by atoms with Gasteiger partial charge in [0.15, 0.2) is 5.78 Å². The highest BCUT2D eigenvalue weighted by Crippen LogP contribution is 2.49. The maximum Gasteiger partial charge on any atom is 0.235 e. The molecule has 2 aromatic rings. The van der Waals surface area contributed by atoms with Gasteiger partial charge in [0.2, 0.25) is 11.8 Å². The number of halogens is 1. The molecule has 158 valence electrons. The number of likely N-dealkylation sites (tertiary alicyclic amines) is 1. The lowest BCUT2D eigenvalue weighted by Crippen LogP contribution is -2.48. The summed E-state index contributed by atoms with van der Waals surface area (Å²) in [5.41, 5.74) is 2.27. The highest BCUT2D eigenvalue weighted by molar-refractivity contribution is 6.30. The number of imide groups is 1. The minimum Gasteiger partial charge on any atom is -0.352 e. The smallest absolute Gasteiger partial charge is 0.235 e. The normalized spacial score (nSPS) is 26.1. The molecule has 5 rings (SSSR count). The Morgan fingerprint density at radius 3 is 2.52 bits per heavy atom. The topological polar surface area (TPSA) is 57.7 Å². The van der Waals surface area contributed by atoms with Gasteiger partial charge >= 0.3 is 0 Å². The molecule has 0 radical (unpaired) electrons. The molecule has 6 heteroatoms. The van der Waals surface area contributed by atoms with E-state index >= 15 is 0 Å². The number of hydrogen-bond acceptors (Lipinski definition) is 4. The molecule has 0 aromatic heterocycles. The maximum absolute atomic E-state index is 13.7. The van der Waals surface area contributed by atoms with Crippen LogP contribution in [0.3, 0.4) is 0 Å². The largest absolute Gasteiger partial charge is 0.352 e. The summed E-state index contributed by atoms with van der Waals surface area (Å²) in [4.78, 5) is 43.9. The number of anilines is 1. The molecule has 0 unspecified atom stereocenters. The van der Waals surface area contributed by atoms with Gasteiger partial charge in [-0.3, -0.25) is 19.3 Å². The molecule has 2 amide bonds. The molecule has 3 heterocycles. The standard InChI is InChI=1S/C25H23ClN2O3/c1-2-3-13-27-24(30)20-19-11-9-16-14-17(26)10-12-18(16)28(19)22(21(20)25(27)31)23(29)15-7-5-4-6-8-15/h4-12,14,19-22H,2-3,13H2,1H3/t19-,20+,21+,22+/m1/s1. The lowest BCUT2D eigenvalue weighted by Gasteiger charge is -2.36. The van der Waals surface area contributed by atoms with Gasteiger partial charge < -0.3 is 4.90 Å². The molecule has 0 saturated carbocycles. The third-order valence-corrected chi connectivity index (χ3v) is 6.86. The number of amides is 2. The quantitative estimate of drug-likeness (QED) is 0.522. The van der Waals surface area contributed by atoms with Crippen LogP contribution in [0, 0.1) is 11.8 Å². The Bertz CT molecular complexity index is 1100. The van der Waals surface area contributed by atoms with Crippen LogP contribution >= 0.6 is 11.6 Å². The summed E-state index contributed by atoms with van der Waals surface area (Å²) in [5.74, 6) is -1.76. The van der Waals surface area contributed by atoms with Gasteiger partial charge in [-0.15, -0.1) is 0 Å². The first kappa shape index (κ1) is 20.0. The minimum atomic E-state index is -0.731. The van der Waals surface area contributed by atoms with Gasteiger partial charge in [0.1, 0.15) is 6.04 Å². The Morgan fingerprint density at radius 2 is 1.77 bits per heavy atom. The Hall–Kier alpha value is -2.92. The van der Waals surface area contributed by atoms with Crippen LogP contribution in [-0.2, 0) is 9.59 Å². The second-order valence-corrected chi connectivity index (χ2v) is 8.80. The molecular weight excluding hydrogens is 412 g/mol. The second-order valence-electron chi connectivity index (χ2n) is 8.37. The second kappa shape index (κ2) is 7.65. The number of carbonyl (C=O) groups is 3. The van der Waals surface area contributed by atoms with Crippen LogP contribution in [0.15, 0.2) is 54.6 Å². The van der Waals surface area contributed by atoms with E-state index in [-0.39, 0.29) is 23.6 Å². The molecule has 0 spiro atoms. The molecule has 5 nitrogen and oxygen atoms in total. The SMILES string of the molecule is CCCCN1C(=O)[C@@H]2[C@H](C1=O)[C@@H](C(=O)c1ccccc1)N1c3ccc(Cl)cc3C=C[C@H]21. The number of rotatable bonds is 5. The Kier molecular flexibility index (Phi) is 4.94. The van der Waals surface area contributed by atoms with Crippen molar-refractivity contribution in [1.82, 2.24) is 4.90 Å². The molecule has 3 aliphatic rings. The fourth-order valence-corrected chi connectivity index (χ4v) is 5.40. The zero-order valence-electron chi connectivity index (χ0n) is 17.2. The average molecular weight is 435 g/mol. The molecule has 4 atom stereocenters. The number of Topliss-reactive ketones (excluding diaryl/α,β-unsaturated/α-hetero) is 1. The summed E-state index contributed by atoms with van der Waals surface area (Å²) < 4.78 is 0. The van der Waals surface area contributed by atoms with E-state index in [1.807, 2.05) is 54.3 Å². The third kappa shape index (κ3) is 3.02. The van der Waals surface area contributed by atoms with E-state index in [0.29, 0.717) is 17.1 Å². The molecule has 2 saturated heterocycles. The van der Waals surface area contributed by atoms with Crippen molar-refractivity contribution in [1.29, 1.82) is 0 Å². The number of hydrogen-bond donors (Lipinski definition) is 0. The fourth-order valence-electron chi connectivity index (χ4n) is 5.22. The summed E-state index contributed by atoms with van der Waals surface area (Å²) in [5, 5.41) is 0.602. The van der Waals surface area contributed by atoms with Gasteiger partial charge in [-0.2, -0.15) is 0 Å². The van der Waals surface area contributed by atoms with Crippen LogP contribution in [0.5, 0.6) is 0 Å². The van der Waals surface area contributed by atoms with Crippen LogP contribution in [0.25, 0.3) is 6.08 Å². The van der Waals surface area contributed by atoms with Crippen LogP contribution in [0.1, 0.15) is 35.7 Å². The van der Waals surface area contributed by atoms with Crippen molar-refractivity contribution in [3.63, 3.8) is 0 Å². The van der Waals surface area contributed by atoms with Crippen molar-refractivity contribution < 1.29 is 14.4 Å². The van der Waals surface area contributed by atoms with Crippen molar-refractivity contribution in [2.75, 3.05) is 11.4 Å². The zero-order chi connectivity index (χ0) is 21.7. The van der Waals surface area contributed by atoms with Crippen molar-refractivity contribution in [3.05, 3.63) is 70.8 Å². The highest BCUT2D eigenvalue weighted by Gasteiger charge is 2.63. The molecule has 3 aliphatic heterocycles. The number of carbonyl (C=O) groups excluding carboxylic acids is 3. The van der Waals surface area contributed by atoms with E-state index in [9.17, 15) is 14.4 Å². The van der Waals surface area contributed by atoms with Crippen LogP contribution < -0.4 is 4.90 Å². The van der Waals surface area contributed by atoms with Crippen LogP contribution in [0.4, 0.5) is 5.69 Å². The molecule has 2 aromatic carbocycles. The zero-order valence-corrected chi connectivity index (χ0v) is 18.0. The summed E-state index contributed by atoms with van der Waals surface area (Å²) in [7, 11) is 0. The first-order chi connectivity index (χ1) is 15.0. The van der Waals surface area contributed by atoms with E-state index in [4.69, 9.17) is 11.6 Å². The van der Waals surface area contributed by atoms with E-state index < -0.39 is 17.9 Å². The summed E-state index contributed by atoms with van der Waals surface area (Å²) in [6.07, 6.45) is 5.55. The average Bonchev–Trinajstić information content (AvgIpc) is 3.25. The number of nitrogens with zero attached hydrogens (tertiary/aromatic N) is 2. The monoisotopic (exact) mass is 434 g/mol. The highest BCUT2D eigenvalue weighted by atomic mass is 35.5. The number of unbranched alkanes of at least 4 members (excludes halogenated alkanes) is 1. The lowest BCUT2D eigenvalue weighted by atomic mass is 9.86. The van der Waals surface area contributed by atoms with Gasteiger partial charge in [-0.25, -0.2) is 0 Å². The lowest BCUT2D eigenvalue weighted by molar-refractivity contribution is -0.140. The molecule has 0 bridgehead atoms. The van der Waals surface area contributed by atoms with Crippen molar-refractivity contribution >= 4 is 41.0 Å². The van der Waals surface area contributed by atoms with Gasteiger partial charge in [0.05, 0.1) is 17.9 Å². The van der Waals surface area contributed by atoms with E-state index in [1.54, 1.807) is 18.2 Å². The van der Waals surface area contributed by atoms with Gasteiger partial charge in [-0.05, 0) is 30.2 Å². The first-order valence-corrected chi connectivity index (χ1v) is 11.1. The molecule has 2 fully saturated rings. The number of fused-ring (bicyclic) bond motifs is 5. The van der Waals surface area contributed by atoms with E-state index in [1.165, 1.54) is 4.90 Å². The molecule has 0 N–H and O–H groups in total. The minimum absolute atomic E-state index is 0.132. The van der Waals surface area contributed by atoms with Gasteiger partial charge in [0, 0.05) is 22.8 Å². The van der Waals surface area contributed by atoms with Gasteiger partial charge in [0.25, 0.3) is 0 Å². The first-order valence-electron chi connectivity index (χ1n) is 10.7. The van der Waals surface area contributed by atoms with Crippen molar-refractivity contribution in [3.8, 4) is 0 Å². The van der Waals surface area contributed by atoms with E-state index in [2.05, 4.69) is 0 Å². The third-order valence-electron chi connectivity index (χ3n) is 6.62. The summed E-state index contributed by atoms with van der Waals surface area (Å²) >= 11 is 6.19. The van der Waals surface area contributed by atoms with Crippen molar-refractivity contribution in [2.45, 2.75) is 31.8 Å². The van der Waals surface area contributed by atoms with Crippen LogP contribution in [0.2, 0.25) is 5.02 Å². The molecular formula is C25H23ClN2O3. The Morgan fingerprint density at radius 1 is 1.03 bits per heavy atom. The van der Waals surface area contributed by atoms with E-state index in [0.717, 1.165) is 24.1 Å². The Balaban J connectivity index is 1.63. The van der Waals surface area contributed by atoms with Gasteiger partial charge in [-0.1, -0.05) is 67.4 Å². The van der Waals surface area contributed by atoms with Crippen LogP contribution in [-0.4, -0.2) is 41.1 Å². The summed E-state index contributed by atoms with van der Waals surface area (Å²) in [6.45, 7) is 2.44. The summed E-state index contributed by atoms with van der Waals surface area (Å²) in [6, 6.07) is 13.5. The predicted molar refractivity (Wildman–Crippen MR) is 120 cm³/mol. The molecule has 0 aliphatic carbocycles. The predicted octanol–water partition coefficient (Wildman–Crippen LogP) is 4.21. The molecule has 31 heavy (non-hydrogen) atoms.